The molecule has 3 heterocycles. The van der Waals surface area contributed by atoms with Crippen LogP contribution in [-0.4, -0.2) is 62.3 Å². The number of piperidine rings is 1. The first kappa shape index (κ1) is 23.3. The van der Waals surface area contributed by atoms with Crippen molar-refractivity contribution in [1.82, 2.24) is 19.5 Å². The molecule has 1 saturated heterocycles. The zero-order chi connectivity index (χ0) is 24.5. The number of ether oxygens (including phenoxy) is 1. The number of fused-ring (bicyclic) bond motifs is 1. The molecule has 0 radical (unpaired) electrons. The minimum atomic E-state index is -4.91. The highest BCUT2D eigenvalue weighted by Crippen LogP contribution is 2.31. The summed E-state index contributed by atoms with van der Waals surface area (Å²) in [6.45, 7) is 2.22. The average molecular weight is 477 g/mol. The van der Waals surface area contributed by atoms with Crippen molar-refractivity contribution in [3.8, 4) is 11.6 Å². The third kappa shape index (κ3) is 4.75. The number of rotatable bonds is 5. The normalized spacial score (nSPS) is 14.9. The fourth-order valence-corrected chi connectivity index (χ4v) is 3.89. The summed E-state index contributed by atoms with van der Waals surface area (Å²) in [6, 6.07) is 8.17. The van der Waals surface area contributed by atoms with Crippen LogP contribution < -0.4 is 10.1 Å². The van der Waals surface area contributed by atoms with E-state index in [1.54, 1.807) is 24.3 Å². The van der Waals surface area contributed by atoms with Crippen LogP contribution in [0.5, 0.6) is 11.6 Å². The van der Waals surface area contributed by atoms with Gasteiger partial charge in [-0.15, -0.1) is 0 Å². The van der Waals surface area contributed by atoms with E-state index in [4.69, 9.17) is 4.74 Å². The Morgan fingerprint density at radius 2 is 1.88 bits per heavy atom. The second-order valence-electron chi connectivity index (χ2n) is 7.81. The molecule has 0 saturated carbocycles. The first-order chi connectivity index (χ1) is 16.2. The van der Waals surface area contributed by atoms with Crippen LogP contribution in [0.25, 0.3) is 5.65 Å². The third-order valence-corrected chi connectivity index (χ3v) is 5.58. The van der Waals surface area contributed by atoms with Gasteiger partial charge in [-0.25, -0.2) is 4.98 Å². The molecule has 9 nitrogen and oxygen atoms in total. The lowest BCUT2D eigenvalue weighted by Crippen LogP contribution is -2.45. The minimum Gasteiger partial charge on any atom is -0.494 e. The number of carbonyl (C=O) groups is 2. The fraction of sp³-hybridized carbons (Fsp3) is 0.364. The van der Waals surface area contributed by atoms with Gasteiger partial charge >= 0.3 is 12.1 Å². The molecule has 180 valence electrons. The van der Waals surface area contributed by atoms with Gasteiger partial charge in [0.1, 0.15) is 11.3 Å². The summed E-state index contributed by atoms with van der Waals surface area (Å²) < 4.78 is 44.5. The molecule has 0 atom stereocenters. The number of benzene rings is 1. The number of anilines is 1. The molecule has 2 amide bonds. The zero-order valence-electron chi connectivity index (χ0n) is 18.2. The molecule has 0 spiro atoms. The molecule has 3 aromatic rings. The Morgan fingerprint density at radius 3 is 2.50 bits per heavy atom. The van der Waals surface area contributed by atoms with Gasteiger partial charge in [0, 0.05) is 30.8 Å². The largest absolute Gasteiger partial charge is 0.494 e. The van der Waals surface area contributed by atoms with E-state index in [2.05, 4.69) is 15.4 Å². The van der Waals surface area contributed by atoms with E-state index in [1.807, 2.05) is 6.92 Å². The quantitative estimate of drug-likeness (QED) is 0.584. The van der Waals surface area contributed by atoms with E-state index in [-0.39, 0.29) is 48.9 Å². The van der Waals surface area contributed by atoms with Crippen LogP contribution in [0.3, 0.4) is 0 Å². The standard InChI is InChI=1S/C22H22F3N5O4/c1-2-34-15-5-3-14(4-6-15)27-20(32)16-12-26-30-18(31)11-17(28-19(16)30)13-7-9-29(10-8-13)21(33)22(23,24)25/h3-6,11-13,31H,2,7-10H2,1H3,(H,27,32). The summed E-state index contributed by atoms with van der Waals surface area (Å²) >= 11 is 0. The van der Waals surface area contributed by atoms with Crippen LogP contribution in [-0.2, 0) is 4.79 Å². The van der Waals surface area contributed by atoms with Gasteiger partial charge in [0.2, 0.25) is 5.88 Å². The number of aromatic nitrogens is 3. The molecule has 0 unspecified atom stereocenters. The summed E-state index contributed by atoms with van der Waals surface area (Å²) in [5, 5.41) is 17.1. The molecule has 0 bridgehead atoms. The number of carbonyl (C=O) groups excluding carboxylic acids is 2. The van der Waals surface area contributed by atoms with Crippen molar-refractivity contribution in [2.75, 3.05) is 25.0 Å². The lowest BCUT2D eigenvalue weighted by atomic mass is 9.93. The SMILES string of the molecule is CCOc1ccc(NC(=O)c2cnn3c(O)cc(C4CCN(C(=O)C(F)(F)F)CC4)nc23)cc1. The van der Waals surface area contributed by atoms with E-state index in [0.29, 0.717) is 23.7 Å². The van der Waals surface area contributed by atoms with Crippen molar-refractivity contribution in [2.24, 2.45) is 0 Å². The second kappa shape index (κ2) is 9.20. The van der Waals surface area contributed by atoms with Gasteiger partial charge in [-0.05, 0) is 44.0 Å². The first-order valence-corrected chi connectivity index (χ1v) is 10.6. The van der Waals surface area contributed by atoms with Crippen LogP contribution in [0.15, 0.2) is 36.5 Å². The van der Waals surface area contributed by atoms with Crippen LogP contribution in [0.4, 0.5) is 18.9 Å². The Hall–Kier alpha value is -3.83. The van der Waals surface area contributed by atoms with E-state index >= 15 is 0 Å². The average Bonchev–Trinajstić information content (AvgIpc) is 3.24. The number of nitrogens with one attached hydrogen (secondary N) is 1. The lowest BCUT2D eigenvalue weighted by Gasteiger charge is -2.32. The van der Waals surface area contributed by atoms with Crippen molar-refractivity contribution >= 4 is 23.1 Å². The number of nitrogens with zero attached hydrogens (tertiary/aromatic N) is 4. The molecule has 2 N–H and O–H groups in total. The number of halogens is 3. The highest BCUT2D eigenvalue weighted by Gasteiger charge is 2.43. The van der Waals surface area contributed by atoms with Crippen molar-refractivity contribution in [1.29, 1.82) is 0 Å². The summed E-state index contributed by atoms with van der Waals surface area (Å²) in [5.41, 5.74) is 1.18. The molecule has 4 rings (SSSR count). The number of likely N-dealkylation sites (tertiary alicyclic amines) is 1. The Balaban J connectivity index is 1.52. The molecule has 1 aliphatic heterocycles. The second-order valence-corrected chi connectivity index (χ2v) is 7.81. The minimum absolute atomic E-state index is 0.0824. The van der Waals surface area contributed by atoms with E-state index in [1.165, 1.54) is 12.3 Å². The summed E-state index contributed by atoms with van der Waals surface area (Å²) in [6.07, 6.45) is -3.15. The maximum atomic E-state index is 12.8. The molecule has 1 aromatic carbocycles. The fourth-order valence-electron chi connectivity index (χ4n) is 3.89. The Bertz CT molecular complexity index is 1200. The van der Waals surface area contributed by atoms with Crippen LogP contribution in [0.1, 0.15) is 41.7 Å². The number of hydrogen-bond donors (Lipinski definition) is 2. The zero-order valence-corrected chi connectivity index (χ0v) is 18.2. The molecule has 1 fully saturated rings. The highest BCUT2D eigenvalue weighted by atomic mass is 19.4. The van der Waals surface area contributed by atoms with Crippen LogP contribution in [0.2, 0.25) is 0 Å². The van der Waals surface area contributed by atoms with Crippen LogP contribution in [0, 0.1) is 0 Å². The molecular formula is C22H22F3N5O4. The van der Waals surface area contributed by atoms with Crippen molar-refractivity contribution in [2.45, 2.75) is 31.9 Å². The molecule has 1 aliphatic rings. The molecule has 2 aromatic heterocycles. The van der Waals surface area contributed by atoms with Crippen molar-refractivity contribution in [3.63, 3.8) is 0 Å². The molecular weight excluding hydrogens is 455 g/mol. The number of aromatic hydroxyl groups is 1. The van der Waals surface area contributed by atoms with Gasteiger partial charge < -0.3 is 20.1 Å². The Kier molecular flexibility index (Phi) is 6.31. The maximum Gasteiger partial charge on any atom is 0.471 e. The van der Waals surface area contributed by atoms with E-state index in [9.17, 15) is 27.9 Å². The monoisotopic (exact) mass is 477 g/mol. The van der Waals surface area contributed by atoms with Gasteiger partial charge in [0.05, 0.1) is 18.5 Å². The topological polar surface area (TPSA) is 109 Å². The predicted molar refractivity (Wildman–Crippen MR) is 115 cm³/mol. The molecule has 0 aliphatic carbocycles. The molecule has 12 heteroatoms. The van der Waals surface area contributed by atoms with E-state index < -0.39 is 18.0 Å². The summed E-state index contributed by atoms with van der Waals surface area (Å²) in [7, 11) is 0. The number of hydrogen-bond acceptors (Lipinski definition) is 6. The smallest absolute Gasteiger partial charge is 0.471 e. The Morgan fingerprint density at radius 1 is 1.21 bits per heavy atom. The summed E-state index contributed by atoms with van der Waals surface area (Å²) in [5.74, 6) is -2.23. The van der Waals surface area contributed by atoms with Gasteiger partial charge in [0.15, 0.2) is 5.65 Å². The highest BCUT2D eigenvalue weighted by molar-refractivity contribution is 6.08. The maximum absolute atomic E-state index is 12.8. The third-order valence-electron chi connectivity index (χ3n) is 5.58. The van der Waals surface area contributed by atoms with Crippen molar-refractivity contribution in [3.05, 3.63) is 47.8 Å². The number of amides is 2. The van der Waals surface area contributed by atoms with Gasteiger partial charge in [-0.3, -0.25) is 9.59 Å². The first-order valence-electron chi connectivity index (χ1n) is 10.6. The van der Waals surface area contributed by atoms with Crippen LogP contribution >= 0.6 is 0 Å². The Labute approximate surface area is 192 Å². The summed E-state index contributed by atoms with van der Waals surface area (Å²) in [4.78, 5) is 29.5. The van der Waals surface area contributed by atoms with E-state index in [0.717, 1.165) is 9.42 Å². The van der Waals surface area contributed by atoms with Gasteiger partial charge in [-0.1, -0.05) is 0 Å². The number of alkyl halides is 3. The van der Waals surface area contributed by atoms with Gasteiger partial charge in [0.25, 0.3) is 5.91 Å². The van der Waals surface area contributed by atoms with Gasteiger partial charge in [-0.2, -0.15) is 22.8 Å². The molecule has 34 heavy (non-hydrogen) atoms. The lowest BCUT2D eigenvalue weighted by molar-refractivity contribution is -0.186. The predicted octanol–water partition coefficient (Wildman–Crippen LogP) is 3.35. The van der Waals surface area contributed by atoms with Crippen molar-refractivity contribution < 1.29 is 32.6 Å².